The van der Waals surface area contributed by atoms with E-state index in [2.05, 4.69) is 79.9 Å². The van der Waals surface area contributed by atoms with Crippen LogP contribution in [0.25, 0.3) is 26.0 Å². The molecular weight excluding hydrogens is 1250 g/mol. The number of β-amino-alcohol motifs (C(OH)–C–C–N with tert-alkyl or cyclic N) is 1. The number of fused-ring (bicyclic) bond motifs is 2. The number of piperazine rings is 1. The minimum absolute atomic E-state index is 0.0281. The Morgan fingerprint density at radius 2 is 1.40 bits per heavy atom. The molecule has 0 spiro atoms. The summed E-state index contributed by atoms with van der Waals surface area (Å²) < 4.78 is 9.33. The van der Waals surface area contributed by atoms with Gasteiger partial charge < -0.3 is 86.1 Å². The molecule has 502 valence electrons. The summed E-state index contributed by atoms with van der Waals surface area (Å²) in [6.45, 7) is 14.0. The number of aliphatic hydroxyl groups excluding tert-OH is 6. The van der Waals surface area contributed by atoms with Crippen LogP contribution in [0.2, 0.25) is 0 Å². The van der Waals surface area contributed by atoms with E-state index >= 15 is 0 Å². The van der Waals surface area contributed by atoms with Crippen LogP contribution in [0.4, 0.5) is 5.69 Å². The van der Waals surface area contributed by atoms with Crippen LogP contribution >= 0.6 is 23.7 Å². The maximum absolute atomic E-state index is 14.7. The van der Waals surface area contributed by atoms with Gasteiger partial charge in [-0.3, -0.25) is 38.5 Å². The fourth-order valence-electron chi connectivity index (χ4n) is 12.5. The molecule has 5 fully saturated rings. The smallest absolute Gasteiger partial charge is 0.261 e. The number of anilines is 1. The van der Waals surface area contributed by atoms with E-state index in [1.165, 1.54) is 62.1 Å². The van der Waals surface area contributed by atoms with Crippen LogP contribution in [0.3, 0.4) is 0 Å². The fourth-order valence-corrected chi connectivity index (χ4v) is 13.6. The quantitative estimate of drug-likeness (QED) is 0.0221. The van der Waals surface area contributed by atoms with Crippen molar-refractivity contribution >= 4 is 70.7 Å². The highest BCUT2D eigenvalue weighted by Crippen LogP contribution is 2.35. The molecule has 32 heteroatoms. The Hall–Kier alpha value is -7.65. The third kappa shape index (κ3) is 17.0. The van der Waals surface area contributed by atoms with Crippen molar-refractivity contribution in [2.45, 2.75) is 145 Å². The Bertz CT molecular complexity index is 3330. The number of rotatable bonds is 16. The summed E-state index contributed by atoms with van der Waals surface area (Å²) >= 11 is 1.41. The maximum atomic E-state index is 14.7. The molecule has 13 N–H and O–H groups in total. The van der Waals surface area contributed by atoms with E-state index in [-0.39, 0.29) is 35.7 Å². The SMILES string of the molecule is [C-]#[N+]C[C@@H](O)[C@@H]1NC(=O)[C@H]([C@H](O)Cc2ccc(O)c(OSOOO)c2)NC(=O)[C@@H]2C[C@@H](O)CN2C(=O)[C@H]([C@@H](C)O)NC(=O)[C@@H](NC(=O)c2ccc(-c3nnc(-c4ccc(N5CCN(C6CCC(C)CC6)CC5)cc4)s3)cc2)C[C@@H](O)CNC(=O)[C@@H]2[C@@H](O)[C@@H](C)CN2C1=O. The van der Waals surface area contributed by atoms with Crippen molar-refractivity contribution in [1.82, 2.24) is 51.5 Å². The van der Waals surface area contributed by atoms with E-state index in [1.807, 2.05) is 12.1 Å². The second-order valence-corrected chi connectivity index (χ2v) is 25.8. The molecule has 13 atom stereocenters. The molecule has 7 amide bonds. The summed E-state index contributed by atoms with van der Waals surface area (Å²) in [6.07, 6.45) is -7.16. The molecule has 1 saturated carbocycles. The molecule has 1 aromatic heterocycles. The lowest BCUT2D eigenvalue weighted by Gasteiger charge is -2.42. The van der Waals surface area contributed by atoms with Gasteiger partial charge in [0.2, 0.25) is 42.0 Å². The fraction of sp³-hybridized carbons (Fsp3) is 0.541. The molecule has 0 unspecified atom stereocenters. The lowest BCUT2D eigenvalue weighted by atomic mass is 9.86. The van der Waals surface area contributed by atoms with Crippen molar-refractivity contribution in [3.05, 3.63) is 89.3 Å². The van der Waals surface area contributed by atoms with Crippen LogP contribution in [0, 0.1) is 18.4 Å². The second-order valence-electron chi connectivity index (χ2n) is 24.4. The van der Waals surface area contributed by atoms with Crippen molar-refractivity contribution in [2.24, 2.45) is 11.8 Å². The third-order valence-electron chi connectivity index (χ3n) is 17.8. The summed E-state index contributed by atoms with van der Waals surface area (Å²) in [5.74, 6) is -8.78. The van der Waals surface area contributed by atoms with Gasteiger partial charge in [-0.05, 0) is 92.6 Å². The number of hydrogen-bond acceptors (Lipinski definition) is 24. The Morgan fingerprint density at radius 3 is 2.04 bits per heavy atom. The van der Waals surface area contributed by atoms with Gasteiger partial charge in [0, 0.05) is 99.4 Å². The third-order valence-corrected chi connectivity index (χ3v) is 19.2. The number of phenolic OH excluding ortho intramolecular Hbond substituents is 1. The first-order valence-electron chi connectivity index (χ1n) is 30.7. The van der Waals surface area contributed by atoms with E-state index in [1.54, 1.807) is 12.1 Å². The molecule has 93 heavy (non-hydrogen) atoms. The van der Waals surface area contributed by atoms with Crippen LogP contribution in [-0.2, 0) is 44.6 Å². The number of carbonyl (C=O) groups is 7. The summed E-state index contributed by atoms with van der Waals surface area (Å²) in [6, 6.07) is 7.22. The number of phenols is 1. The molecule has 3 aromatic carbocycles. The van der Waals surface area contributed by atoms with E-state index < -0.39 is 165 Å². The molecule has 0 radical (unpaired) electrons. The molecule has 4 aliphatic heterocycles. The molecule has 9 rings (SSSR count). The first-order valence-corrected chi connectivity index (χ1v) is 32.2. The highest BCUT2D eigenvalue weighted by molar-refractivity contribution is 7.90. The molecular formula is C61H78N12O18S2. The standard InChI is InChI=1S/C61H78N12O18S2/c1-31-5-14-38(15-6-31)70-19-21-71(22-20-70)39-16-12-37(13-17-39)59-69-68-58(92-59)36-10-8-35(9-11-36)53(81)64-42-25-40(75)27-63-57(85)51-52(80)32(2)29-73(51)61(87)50(46(79)28-62-4)67-56(84)49(45(78)23-34-7-18-44(77)47(24-34)89-93-91-90-88)66-55(83)43-26-41(76)30-72(43)60(86)48(33(3)74)65-54(42)82/h7-13,16-18,24,31-33,38,40-43,45-46,48-52,74-80,88H,5-6,14-15,19-23,25-30H2,1-3H3,(H,63,85)(H,64,81)(H,65,82)(H,66,83)(H,67,84)/t31?,32-,33+,38?,40+,41+,42-,43-,45+,46+,48-,49-,50-,51-,52-/m0/s1. The van der Waals surface area contributed by atoms with Crippen LogP contribution in [0.5, 0.6) is 11.5 Å². The predicted molar refractivity (Wildman–Crippen MR) is 333 cm³/mol. The van der Waals surface area contributed by atoms with Gasteiger partial charge in [0.15, 0.2) is 17.6 Å². The monoisotopic (exact) mass is 1330 g/mol. The van der Waals surface area contributed by atoms with Crippen LogP contribution in [0.1, 0.15) is 75.2 Å². The summed E-state index contributed by atoms with van der Waals surface area (Å²) in [5.41, 5.74) is 2.76. The van der Waals surface area contributed by atoms with Gasteiger partial charge in [0.25, 0.3) is 18.2 Å². The van der Waals surface area contributed by atoms with Crippen LogP contribution < -0.4 is 35.7 Å². The number of carbonyl (C=O) groups excluding carboxylic acids is 7. The van der Waals surface area contributed by atoms with Crippen LogP contribution in [-0.4, -0.2) is 239 Å². The minimum Gasteiger partial charge on any atom is -0.504 e. The zero-order valence-corrected chi connectivity index (χ0v) is 52.9. The average Bonchev–Trinajstić information content (AvgIpc) is 1.71. The number of aromatic hydroxyl groups is 1. The Kier molecular flexibility index (Phi) is 23.6. The molecule has 30 nitrogen and oxygen atoms in total. The molecule has 1 aliphatic carbocycles. The Labute approximate surface area is 543 Å². The number of nitrogens with zero attached hydrogens (tertiary/aromatic N) is 7. The molecule has 5 heterocycles. The molecule has 0 bridgehead atoms. The van der Waals surface area contributed by atoms with Gasteiger partial charge in [0.1, 0.15) is 46.3 Å². The predicted octanol–water partition coefficient (Wildman–Crippen LogP) is -0.491. The van der Waals surface area contributed by atoms with Crippen molar-refractivity contribution < 1.29 is 88.1 Å². The van der Waals surface area contributed by atoms with Crippen molar-refractivity contribution in [1.29, 1.82) is 0 Å². The Balaban J connectivity index is 0.950. The largest absolute Gasteiger partial charge is 0.504 e. The highest BCUT2D eigenvalue weighted by atomic mass is 32.2. The van der Waals surface area contributed by atoms with Gasteiger partial charge in [-0.1, -0.05) is 52.8 Å². The zero-order chi connectivity index (χ0) is 66.8. The lowest BCUT2D eigenvalue weighted by molar-refractivity contribution is -0.433. The zero-order valence-electron chi connectivity index (χ0n) is 51.2. The number of aliphatic hydroxyl groups is 6. The number of nitrogens with one attached hydrogen (secondary N) is 5. The normalized spacial score (nSPS) is 28.3. The van der Waals surface area contributed by atoms with E-state index in [4.69, 9.17) is 16.0 Å². The van der Waals surface area contributed by atoms with Crippen LogP contribution in [0.15, 0.2) is 66.7 Å². The summed E-state index contributed by atoms with van der Waals surface area (Å²) in [7, 11) is 0. The van der Waals surface area contributed by atoms with Crippen molar-refractivity contribution in [3.63, 3.8) is 0 Å². The first kappa shape index (κ1) is 69.7. The number of aromatic nitrogens is 2. The van der Waals surface area contributed by atoms with E-state index in [9.17, 15) is 69.3 Å². The topological polar surface area (TPSA) is 412 Å². The first-order chi connectivity index (χ1) is 44.5. The molecule has 4 saturated heterocycles. The van der Waals surface area contributed by atoms with Gasteiger partial charge in [-0.15, -0.1) is 10.2 Å². The van der Waals surface area contributed by atoms with Crippen molar-refractivity contribution in [2.75, 3.05) is 57.3 Å². The second kappa shape index (κ2) is 31.5. The highest BCUT2D eigenvalue weighted by Gasteiger charge is 2.50. The van der Waals surface area contributed by atoms with Gasteiger partial charge in [0.05, 0.1) is 30.5 Å². The Morgan fingerprint density at radius 1 is 0.763 bits per heavy atom. The molecule has 4 aromatic rings. The van der Waals surface area contributed by atoms with E-state index in [0.29, 0.717) is 21.6 Å². The number of amides is 7. The number of hydrogen-bond donors (Lipinski definition) is 13. The number of benzene rings is 3. The minimum atomic E-state index is -2.15. The molecule has 5 aliphatic rings. The van der Waals surface area contributed by atoms with Crippen molar-refractivity contribution in [3.8, 4) is 32.6 Å². The van der Waals surface area contributed by atoms with Gasteiger partial charge >= 0.3 is 0 Å². The van der Waals surface area contributed by atoms with Gasteiger partial charge in [-0.25, -0.2) is 11.8 Å². The van der Waals surface area contributed by atoms with E-state index in [0.717, 1.165) is 72.2 Å². The summed E-state index contributed by atoms with van der Waals surface area (Å²) in [5, 5.41) is 113. The maximum Gasteiger partial charge on any atom is 0.261 e. The lowest BCUT2D eigenvalue weighted by Crippen LogP contribution is -2.64. The summed E-state index contributed by atoms with van der Waals surface area (Å²) in [4.78, 5) is 111. The van der Waals surface area contributed by atoms with Gasteiger partial charge in [-0.2, -0.15) is 0 Å². The average molecular weight is 1330 g/mol.